The highest BCUT2D eigenvalue weighted by atomic mass is 16.2. The van der Waals surface area contributed by atoms with Crippen LogP contribution in [0, 0.1) is 0 Å². The Morgan fingerprint density at radius 3 is 2.78 bits per heavy atom. The molecule has 0 aliphatic heterocycles. The lowest BCUT2D eigenvalue weighted by Gasteiger charge is -2.18. The first kappa shape index (κ1) is 14.7. The normalized spacial score (nSPS) is 14.6. The molecule has 1 aromatic heterocycles. The molecule has 2 unspecified atom stereocenters. The molecule has 2 atom stereocenters. The summed E-state index contributed by atoms with van der Waals surface area (Å²) in [6.45, 7) is 2.92. The highest BCUT2D eigenvalue weighted by molar-refractivity contribution is 5.82. The Balaban J connectivity index is 2.45. The second kappa shape index (κ2) is 6.51. The van der Waals surface area contributed by atoms with E-state index in [0.29, 0.717) is 0 Å². The SMILES string of the molecule is CC(CCN(C)C)NC(=O)C(N)c1cnn(C)c1. The number of amides is 1. The molecule has 0 aliphatic rings. The Hall–Kier alpha value is -1.40. The zero-order valence-corrected chi connectivity index (χ0v) is 11.6. The van der Waals surface area contributed by atoms with E-state index in [1.54, 1.807) is 24.1 Å². The molecule has 0 spiro atoms. The van der Waals surface area contributed by atoms with E-state index in [1.807, 2.05) is 21.0 Å². The van der Waals surface area contributed by atoms with Crippen LogP contribution in [0.3, 0.4) is 0 Å². The molecule has 1 heterocycles. The third kappa shape index (κ3) is 4.46. The molecule has 0 fully saturated rings. The Bertz CT molecular complexity index is 388. The Labute approximate surface area is 108 Å². The molecule has 0 aromatic carbocycles. The largest absolute Gasteiger partial charge is 0.352 e. The summed E-state index contributed by atoms with van der Waals surface area (Å²) in [6, 6.07) is -0.539. The number of hydrogen-bond acceptors (Lipinski definition) is 4. The predicted octanol–water partition coefficient (Wildman–Crippen LogP) is -0.124. The van der Waals surface area contributed by atoms with Crippen molar-refractivity contribution in [2.24, 2.45) is 12.8 Å². The number of nitrogens with zero attached hydrogens (tertiary/aromatic N) is 3. The van der Waals surface area contributed by atoms with Crippen LogP contribution in [-0.4, -0.2) is 47.3 Å². The van der Waals surface area contributed by atoms with Crippen LogP contribution in [0.25, 0.3) is 0 Å². The summed E-state index contributed by atoms with van der Waals surface area (Å²) in [6.07, 6.45) is 4.28. The van der Waals surface area contributed by atoms with Crippen molar-refractivity contribution in [1.29, 1.82) is 0 Å². The fourth-order valence-electron chi connectivity index (χ4n) is 1.61. The van der Waals surface area contributed by atoms with Gasteiger partial charge in [0.05, 0.1) is 6.20 Å². The average Bonchev–Trinajstić information content (AvgIpc) is 2.72. The predicted molar refractivity (Wildman–Crippen MR) is 70.9 cm³/mol. The highest BCUT2D eigenvalue weighted by Gasteiger charge is 2.18. The molecule has 0 bridgehead atoms. The lowest BCUT2D eigenvalue weighted by molar-refractivity contribution is -0.123. The summed E-state index contributed by atoms with van der Waals surface area (Å²) >= 11 is 0. The highest BCUT2D eigenvalue weighted by Crippen LogP contribution is 2.09. The van der Waals surface area contributed by atoms with E-state index < -0.39 is 6.04 Å². The van der Waals surface area contributed by atoms with E-state index in [2.05, 4.69) is 15.3 Å². The van der Waals surface area contributed by atoms with Crippen molar-refractivity contribution in [3.05, 3.63) is 18.0 Å². The molecule has 18 heavy (non-hydrogen) atoms. The lowest BCUT2D eigenvalue weighted by atomic mass is 10.1. The van der Waals surface area contributed by atoms with Crippen LogP contribution < -0.4 is 11.1 Å². The molecule has 0 radical (unpaired) electrons. The number of carbonyl (C=O) groups is 1. The molecular weight excluding hydrogens is 230 g/mol. The van der Waals surface area contributed by atoms with Crippen LogP contribution in [0.2, 0.25) is 0 Å². The van der Waals surface area contributed by atoms with Gasteiger partial charge in [-0.1, -0.05) is 0 Å². The average molecular weight is 253 g/mol. The minimum Gasteiger partial charge on any atom is -0.352 e. The number of nitrogens with one attached hydrogen (secondary N) is 1. The summed E-state index contributed by atoms with van der Waals surface area (Å²) in [5.41, 5.74) is 6.61. The first-order chi connectivity index (χ1) is 8.40. The van der Waals surface area contributed by atoms with Crippen LogP contribution in [0.1, 0.15) is 24.9 Å². The molecule has 6 nitrogen and oxygen atoms in total. The van der Waals surface area contributed by atoms with Gasteiger partial charge in [-0.2, -0.15) is 5.10 Å². The van der Waals surface area contributed by atoms with Gasteiger partial charge in [-0.3, -0.25) is 9.48 Å². The lowest BCUT2D eigenvalue weighted by Crippen LogP contribution is -2.40. The maximum Gasteiger partial charge on any atom is 0.241 e. The van der Waals surface area contributed by atoms with Gasteiger partial charge >= 0.3 is 0 Å². The van der Waals surface area contributed by atoms with Crippen molar-refractivity contribution in [1.82, 2.24) is 20.0 Å². The number of rotatable bonds is 6. The van der Waals surface area contributed by atoms with Crippen LogP contribution in [0.4, 0.5) is 0 Å². The number of carbonyl (C=O) groups excluding carboxylic acids is 1. The van der Waals surface area contributed by atoms with Crippen molar-refractivity contribution in [2.75, 3.05) is 20.6 Å². The van der Waals surface area contributed by atoms with Crippen molar-refractivity contribution >= 4 is 5.91 Å². The van der Waals surface area contributed by atoms with Crippen LogP contribution in [-0.2, 0) is 11.8 Å². The fourth-order valence-corrected chi connectivity index (χ4v) is 1.61. The summed E-state index contributed by atoms with van der Waals surface area (Å²) in [5.74, 6) is -0.158. The molecule has 3 N–H and O–H groups in total. The zero-order chi connectivity index (χ0) is 13.7. The van der Waals surface area contributed by atoms with E-state index in [0.717, 1.165) is 18.5 Å². The smallest absolute Gasteiger partial charge is 0.241 e. The van der Waals surface area contributed by atoms with E-state index >= 15 is 0 Å². The van der Waals surface area contributed by atoms with Crippen molar-refractivity contribution in [2.45, 2.75) is 25.4 Å². The van der Waals surface area contributed by atoms with Crippen LogP contribution in [0.5, 0.6) is 0 Å². The number of hydrogen-bond donors (Lipinski definition) is 2. The Morgan fingerprint density at radius 2 is 2.28 bits per heavy atom. The minimum absolute atomic E-state index is 0.114. The molecular formula is C12H23N5O. The van der Waals surface area contributed by atoms with Gasteiger partial charge in [-0.25, -0.2) is 0 Å². The Morgan fingerprint density at radius 1 is 1.61 bits per heavy atom. The van der Waals surface area contributed by atoms with Gasteiger partial charge in [0.15, 0.2) is 0 Å². The second-order valence-electron chi connectivity index (χ2n) is 4.93. The van der Waals surface area contributed by atoms with Gasteiger partial charge in [0, 0.05) is 24.8 Å². The van der Waals surface area contributed by atoms with Crippen molar-refractivity contribution in [3.63, 3.8) is 0 Å². The van der Waals surface area contributed by atoms with Gasteiger partial charge in [-0.15, -0.1) is 0 Å². The number of nitrogens with two attached hydrogens (primary N) is 1. The standard InChI is InChI=1S/C12H23N5O/c1-9(5-6-16(2)3)15-12(18)11(13)10-7-14-17(4)8-10/h7-9,11H,5-6,13H2,1-4H3,(H,15,18). The fraction of sp³-hybridized carbons (Fsp3) is 0.667. The molecule has 0 aliphatic carbocycles. The van der Waals surface area contributed by atoms with Crippen LogP contribution >= 0.6 is 0 Å². The first-order valence-electron chi connectivity index (χ1n) is 6.09. The van der Waals surface area contributed by atoms with E-state index in [1.165, 1.54) is 0 Å². The third-order valence-corrected chi connectivity index (χ3v) is 2.76. The topological polar surface area (TPSA) is 76.2 Å². The van der Waals surface area contributed by atoms with Crippen molar-refractivity contribution < 1.29 is 4.79 Å². The van der Waals surface area contributed by atoms with Gasteiger partial charge in [0.2, 0.25) is 5.91 Å². The van der Waals surface area contributed by atoms with E-state index in [4.69, 9.17) is 5.73 Å². The molecule has 1 rings (SSSR count). The molecule has 0 saturated heterocycles. The Kier molecular flexibility index (Phi) is 5.30. The number of aryl methyl sites for hydroxylation is 1. The molecule has 6 heteroatoms. The monoisotopic (exact) mass is 253 g/mol. The maximum atomic E-state index is 11.9. The quantitative estimate of drug-likeness (QED) is 0.741. The first-order valence-corrected chi connectivity index (χ1v) is 6.09. The van der Waals surface area contributed by atoms with Gasteiger partial charge in [0.1, 0.15) is 6.04 Å². The number of aromatic nitrogens is 2. The summed E-state index contributed by atoms with van der Waals surface area (Å²) in [7, 11) is 5.82. The zero-order valence-electron chi connectivity index (χ0n) is 11.6. The molecule has 0 saturated carbocycles. The van der Waals surface area contributed by atoms with E-state index in [-0.39, 0.29) is 11.9 Å². The van der Waals surface area contributed by atoms with E-state index in [9.17, 15) is 4.79 Å². The second-order valence-corrected chi connectivity index (χ2v) is 4.93. The molecule has 1 amide bonds. The van der Waals surface area contributed by atoms with Crippen molar-refractivity contribution in [3.8, 4) is 0 Å². The van der Waals surface area contributed by atoms with Gasteiger partial charge in [0.25, 0.3) is 0 Å². The molecule has 102 valence electrons. The summed E-state index contributed by atoms with van der Waals surface area (Å²) < 4.78 is 1.64. The summed E-state index contributed by atoms with van der Waals surface area (Å²) in [5, 5.41) is 6.92. The third-order valence-electron chi connectivity index (χ3n) is 2.76. The minimum atomic E-state index is -0.652. The molecule has 1 aromatic rings. The van der Waals surface area contributed by atoms with Gasteiger partial charge < -0.3 is 16.0 Å². The summed E-state index contributed by atoms with van der Waals surface area (Å²) in [4.78, 5) is 14.0. The maximum absolute atomic E-state index is 11.9. The van der Waals surface area contributed by atoms with Crippen LogP contribution in [0.15, 0.2) is 12.4 Å². The van der Waals surface area contributed by atoms with Gasteiger partial charge in [-0.05, 0) is 34.0 Å².